The minimum Gasteiger partial charge on any atom is -0.491 e. The van der Waals surface area contributed by atoms with Gasteiger partial charge in [-0.3, -0.25) is 14.5 Å². The number of ether oxygens (including phenoxy) is 2. The second-order valence-electron chi connectivity index (χ2n) is 7.53. The first-order valence-corrected chi connectivity index (χ1v) is 9.37. The van der Waals surface area contributed by atoms with Gasteiger partial charge in [-0.25, -0.2) is 4.79 Å². The van der Waals surface area contributed by atoms with E-state index in [9.17, 15) is 14.4 Å². The molecule has 0 spiro atoms. The summed E-state index contributed by atoms with van der Waals surface area (Å²) in [6.45, 7) is 6.63. The van der Waals surface area contributed by atoms with Crippen LogP contribution in [0.2, 0.25) is 0 Å². The molecule has 1 aliphatic heterocycles. The molecule has 1 N–H and O–H groups in total. The number of nitrogens with zero attached hydrogens (tertiary/aromatic N) is 1. The summed E-state index contributed by atoms with van der Waals surface area (Å²) in [5, 5.41) is 2.79. The molecule has 0 aliphatic carbocycles. The number of anilines is 2. The normalized spacial score (nSPS) is 14.8. The largest absolute Gasteiger partial charge is 0.491 e. The SMILES string of the molecule is CC(C)Oc1ccc(C(=O)OCC(=O)N2c3ccccc3NC(=O)C2(C)C)cc1. The summed E-state index contributed by atoms with van der Waals surface area (Å²) in [6, 6.07) is 13.5. The maximum Gasteiger partial charge on any atom is 0.338 e. The van der Waals surface area contributed by atoms with Crippen LogP contribution in [0, 0.1) is 0 Å². The average molecular weight is 396 g/mol. The van der Waals surface area contributed by atoms with Crippen LogP contribution in [0.3, 0.4) is 0 Å². The molecule has 0 aromatic heterocycles. The molecule has 0 atom stereocenters. The van der Waals surface area contributed by atoms with E-state index in [4.69, 9.17) is 9.47 Å². The van der Waals surface area contributed by atoms with Crippen LogP contribution in [0.25, 0.3) is 0 Å². The summed E-state index contributed by atoms with van der Waals surface area (Å²) >= 11 is 0. The van der Waals surface area contributed by atoms with Gasteiger partial charge in [-0.2, -0.15) is 0 Å². The van der Waals surface area contributed by atoms with Crippen molar-refractivity contribution in [2.45, 2.75) is 39.3 Å². The predicted octanol–water partition coefficient (Wildman–Crippen LogP) is 3.39. The third kappa shape index (κ3) is 4.23. The number of carbonyl (C=O) groups excluding carboxylic acids is 3. The molecular weight excluding hydrogens is 372 g/mol. The lowest BCUT2D eigenvalue weighted by Crippen LogP contribution is -2.59. The van der Waals surface area contributed by atoms with Crippen molar-refractivity contribution in [2.24, 2.45) is 0 Å². The number of esters is 1. The summed E-state index contributed by atoms with van der Waals surface area (Å²) in [5.41, 5.74) is 0.295. The summed E-state index contributed by atoms with van der Waals surface area (Å²) in [6.07, 6.45) is 0.0263. The fourth-order valence-electron chi connectivity index (χ4n) is 3.12. The van der Waals surface area contributed by atoms with Crippen molar-refractivity contribution in [3.8, 4) is 5.75 Å². The standard InChI is InChI=1S/C22H24N2O5/c1-14(2)29-16-11-9-15(10-12-16)20(26)28-13-19(25)24-18-8-6-5-7-17(18)23-21(27)22(24,3)4/h5-12,14H,13H2,1-4H3,(H,23,27). The highest BCUT2D eigenvalue weighted by atomic mass is 16.5. The number of hydrogen-bond acceptors (Lipinski definition) is 5. The minimum atomic E-state index is -1.12. The number of benzene rings is 2. The van der Waals surface area contributed by atoms with Crippen LogP contribution >= 0.6 is 0 Å². The molecule has 7 nitrogen and oxygen atoms in total. The van der Waals surface area contributed by atoms with Crippen molar-refractivity contribution in [3.63, 3.8) is 0 Å². The Balaban J connectivity index is 1.71. The van der Waals surface area contributed by atoms with E-state index in [0.717, 1.165) is 0 Å². The van der Waals surface area contributed by atoms with Crippen molar-refractivity contribution < 1.29 is 23.9 Å². The molecule has 0 unspecified atom stereocenters. The molecule has 0 saturated heterocycles. The number of hydrogen-bond donors (Lipinski definition) is 1. The summed E-state index contributed by atoms with van der Waals surface area (Å²) in [7, 11) is 0. The van der Waals surface area contributed by atoms with Gasteiger partial charge < -0.3 is 14.8 Å². The Morgan fingerprint density at radius 2 is 1.72 bits per heavy atom. The highest BCUT2D eigenvalue weighted by Crippen LogP contribution is 2.36. The lowest BCUT2D eigenvalue weighted by atomic mass is 9.96. The lowest BCUT2D eigenvalue weighted by molar-refractivity contribution is -0.128. The minimum absolute atomic E-state index is 0.0263. The first-order valence-electron chi connectivity index (χ1n) is 9.37. The van der Waals surface area contributed by atoms with Gasteiger partial charge in [0.05, 0.1) is 23.0 Å². The zero-order chi connectivity index (χ0) is 21.2. The van der Waals surface area contributed by atoms with Crippen LogP contribution in [0.4, 0.5) is 11.4 Å². The third-order valence-corrected chi connectivity index (χ3v) is 4.55. The van der Waals surface area contributed by atoms with Gasteiger partial charge in [0, 0.05) is 0 Å². The van der Waals surface area contributed by atoms with Crippen molar-refractivity contribution in [2.75, 3.05) is 16.8 Å². The zero-order valence-electron chi connectivity index (χ0n) is 16.9. The van der Waals surface area contributed by atoms with Gasteiger partial charge in [-0.05, 0) is 64.1 Å². The van der Waals surface area contributed by atoms with Crippen molar-refractivity contribution in [3.05, 3.63) is 54.1 Å². The van der Waals surface area contributed by atoms with E-state index in [0.29, 0.717) is 22.7 Å². The van der Waals surface area contributed by atoms with E-state index in [1.165, 1.54) is 4.90 Å². The average Bonchev–Trinajstić information content (AvgIpc) is 2.67. The molecule has 0 saturated carbocycles. The van der Waals surface area contributed by atoms with E-state index >= 15 is 0 Å². The summed E-state index contributed by atoms with van der Waals surface area (Å²) in [5.74, 6) is -0.769. The number of para-hydroxylation sites is 2. The third-order valence-electron chi connectivity index (χ3n) is 4.55. The van der Waals surface area contributed by atoms with Gasteiger partial charge in [0.25, 0.3) is 5.91 Å². The first kappa shape index (κ1) is 20.4. The Labute approximate surface area is 169 Å². The topological polar surface area (TPSA) is 84.9 Å². The van der Waals surface area contributed by atoms with Crippen LogP contribution in [0.15, 0.2) is 48.5 Å². The van der Waals surface area contributed by atoms with Crippen LogP contribution in [-0.4, -0.2) is 36.0 Å². The summed E-state index contributed by atoms with van der Waals surface area (Å²) < 4.78 is 10.7. The molecule has 1 aliphatic rings. The lowest BCUT2D eigenvalue weighted by Gasteiger charge is -2.41. The van der Waals surface area contributed by atoms with E-state index in [1.54, 1.807) is 62.4 Å². The van der Waals surface area contributed by atoms with E-state index in [-0.39, 0.29) is 12.0 Å². The van der Waals surface area contributed by atoms with Crippen molar-refractivity contribution in [1.82, 2.24) is 0 Å². The van der Waals surface area contributed by atoms with E-state index in [1.807, 2.05) is 13.8 Å². The Bertz CT molecular complexity index is 934. The second kappa shape index (κ2) is 7.95. The molecule has 2 amide bonds. The van der Waals surface area contributed by atoms with Crippen LogP contribution in [0.1, 0.15) is 38.1 Å². The predicted molar refractivity (Wildman–Crippen MR) is 109 cm³/mol. The smallest absolute Gasteiger partial charge is 0.338 e. The molecular formula is C22H24N2O5. The number of nitrogens with one attached hydrogen (secondary N) is 1. The number of amides is 2. The van der Waals surface area contributed by atoms with E-state index in [2.05, 4.69) is 5.32 Å². The Kier molecular flexibility index (Phi) is 5.59. The van der Waals surface area contributed by atoms with Gasteiger partial charge in [-0.1, -0.05) is 12.1 Å². The fourth-order valence-corrected chi connectivity index (χ4v) is 3.12. The van der Waals surface area contributed by atoms with Gasteiger partial charge in [0.15, 0.2) is 6.61 Å². The molecule has 1 heterocycles. The Morgan fingerprint density at radius 3 is 2.38 bits per heavy atom. The van der Waals surface area contributed by atoms with Gasteiger partial charge >= 0.3 is 5.97 Å². The quantitative estimate of drug-likeness (QED) is 0.783. The fraction of sp³-hybridized carbons (Fsp3) is 0.318. The van der Waals surface area contributed by atoms with Gasteiger partial charge in [0.1, 0.15) is 11.3 Å². The zero-order valence-corrected chi connectivity index (χ0v) is 16.9. The maximum absolute atomic E-state index is 12.9. The Morgan fingerprint density at radius 1 is 1.07 bits per heavy atom. The van der Waals surface area contributed by atoms with Crippen LogP contribution < -0.4 is 15.0 Å². The first-order chi connectivity index (χ1) is 13.7. The highest BCUT2D eigenvalue weighted by molar-refractivity contribution is 6.14. The van der Waals surface area contributed by atoms with Crippen molar-refractivity contribution >= 4 is 29.2 Å². The molecule has 0 bridgehead atoms. The van der Waals surface area contributed by atoms with Gasteiger partial charge in [0.2, 0.25) is 5.91 Å². The Hall–Kier alpha value is -3.35. The monoisotopic (exact) mass is 396 g/mol. The molecule has 2 aromatic carbocycles. The maximum atomic E-state index is 12.9. The molecule has 2 aromatic rings. The molecule has 0 fully saturated rings. The molecule has 152 valence electrons. The van der Waals surface area contributed by atoms with Crippen LogP contribution in [0.5, 0.6) is 5.75 Å². The number of rotatable bonds is 5. The van der Waals surface area contributed by atoms with Gasteiger partial charge in [-0.15, -0.1) is 0 Å². The molecule has 0 radical (unpaired) electrons. The highest BCUT2D eigenvalue weighted by Gasteiger charge is 2.43. The molecule has 3 rings (SSSR count). The van der Waals surface area contributed by atoms with E-state index < -0.39 is 24.0 Å². The molecule has 7 heteroatoms. The number of fused-ring (bicyclic) bond motifs is 1. The second-order valence-corrected chi connectivity index (χ2v) is 7.53. The summed E-state index contributed by atoms with van der Waals surface area (Å²) in [4.78, 5) is 39.0. The van der Waals surface area contributed by atoms with Crippen molar-refractivity contribution in [1.29, 1.82) is 0 Å². The number of carbonyl (C=O) groups is 3. The molecule has 29 heavy (non-hydrogen) atoms. The van der Waals surface area contributed by atoms with Crippen LogP contribution in [-0.2, 0) is 14.3 Å².